The minimum atomic E-state index is 0.606. The SMILES string of the molecule is c1ccc2c(c1)cc(N(c1ccc3c(c1)oc1cnccc13)c1ccc3c(n1)oc1ccccc13)c1ccccc12. The van der Waals surface area contributed by atoms with Gasteiger partial charge in [-0.15, -0.1) is 0 Å². The maximum absolute atomic E-state index is 6.25. The molecule has 0 aliphatic rings. The third kappa shape index (κ3) is 3.29. The van der Waals surface area contributed by atoms with Crippen molar-refractivity contribution >= 4 is 82.7 Å². The van der Waals surface area contributed by atoms with Gasteiger partial charge in [-0.25, -0.2) is 0 Å². The molecule has 0 saturated heterocycles. The molecule has 0 radical (unpaired) electrons. The topological polar surface area (TPSA) is 55.3 Å². The number of benzene rings is 5. The van der Waals surface area contributed by atoms with E-state index in [0.717, 1.165) is 66.3 Å². The second-order valence-corrected chi connectivity index (χ2v) is 10.3. The first-order chi connectivity index (χ1) is 20.3. The molecule has 0 bridgehead atoms. The standard InChI is InChI=1S/C36H21N3O2/c1-2-8-24-22(7-1)19-31(26-10-4-3-9-25(24)26)39(23-13-14-28-29-17-18-37-21-34(29)40-33(28)20-23)35-16-15-30-27-11-5-6-12-32(27)41-36(30)38-35/h1-21H. The van der Waals surface area contributed by atoms with Gasteiger partial charge in [-0.3, -0.25) is 9.88 Å². The van der Waals surface area contributed by atoms with Gasteiger partial charge >= 0.3 is 0 Å². The second kappa shape index (κ2) is 8.41. The summed E-state index contributed by atoms with van der Waals surface area (Å²) < 4.78 is 12.5. The monoisotopic (exact) mass is 527 g/mol. The third-order valence-corrected chi connectivity index (χ3v) is 7.96. The normalized spacial score (nSPS) is 11.9. The molecule has 192 valence electrons. The Hall–Kier alpha value is -5.68. The Morgan fingerprint density at radius 2 is 1.24 bits per heavy atom. The molecule has 0 aliphatic carbocycles. The molecular weight excluding hydrogens is 506 g/mol. The largest absolute Gasteiger partial charge is 0.454 e. The van der Waals surface area contributed by atoms with Gasteiger partial charge in [0.15, 0.2) is 5.58 Å². The fraction of sp³-hybridized carbons (Fsp3) is 0. The van der Waals surface area contributed by atoms with Crippen LogP contribution in [0.4, 0.5) is 17.2 Å². The highest BCUT2D eigenvalue weighted by atomic mass is 16.3. The lowest BCUT2D eigenvalue weighted by molar-refractivity contribution is 0.654. The summed E-state index contributed by atoms with van der Waals surface area (Å²) in [5.41, 5.74) is 4.96. The van der Waals surface area contributed by atoms with Crippen molar-refractivity contribution in [2.45, 2.75) is 0 Å². The van der Waals surface area contributed by atoms with E-state index in [-0.39, 0.29) is 0 Å². The molecule has 0 unspecified atom stereocenters. The summed E-state index contributed by atoms with van der Waals surface area (Å²) in [6, 6.07) is 39.9. The molecule has 0 amide bonds. The first-order valence-electron chi connectivity index (χ1n) is 13.6. The number of para-hydroxylation sites is 1. The fourth-order valence-corrected chi connectivity index (χ4v) is 6.09. The van der Waals surface area contributed by atoms with Gasteiger partial charge in [-0.05, 0) is 58.6 Å². The number of aromatic nitrogens is 2. The quantitative estimate of drug-likeness (QED) is 0.214. The number of furan rings is 2. The van der Waals surface area contributed by atoms with E-state index in [1.54, 1.807) is 12.4 Å². The summed E-state index contributed by atoms with van der Waals surface area (Å²) >= 11 is 0. The number of hydrogen-bond acceptors (Lipinski definition) is 5. The molecule has 0 fully saturated rings. The molecule has 9 rings (SSSR count). The summed E-state index contributed by atoms with van der Waals surface area (Å²) in [5, 5.41) is 8.84. The molecule has 0 saturated carbocycles. The van der Waals surface area contributed by atoms with Crippen molar-refractivity contribution in [2.75, 3.05) is 4.90 Å². The molecule has 0 atom stereocenters. The number of anilines is 3. The van der Waals surface area contributed by atoms with E-state index in [1.807, 2.05) is 24.3 Å². The summed E-state index contributed by atoms with van der Waals surface area (Å²) in [5.74, 6) is 0.758. The highest BCUT2D eigenvalue weighted by Crippen LogP contribution is 2.43. The molecule has 0 spiro atoms. The Bertz CT molecular complexity index is 2340. The zero-order valence-electron chi connectivity index (χ0n) is 21.8. The van der Waals surface area contributed by atoms with Crippen LogP contribution < -0.4 is 4.90 Å². The van der Waals surface area contributed by atoms with Crippen LogP contribution in [0.15, 0.2) is 136 Å². The Labute approximate surface area is 233 Å². The Kier molecular flexibility index (Phi) is 4.55. The van der Waals surface area contributed by atoms with Crippen LogP contribution in [0, 0.1) is 0 Å². The van der Waals surface area contributed by atoms with Crippen LogP contribution in [0.2, 0.25) is 0 Å². The summed E-state index contributed by atoms with van der Waals surface area (Å²) in [6.07, 6.45) is 3.56. The van der Waals surface area contributed by atoms with E-state index in [4.69, 9.17) is 13.8 Å². The summed E-state index contributed by atoms with van der Waals surface area (Å²) in [7, 11) is 0. The minimum Gasteiger partial charge on any atom is -0.454 e. The molecule has 4 aromatic heterocycles. The van der Waals surface area contributed by atoms with Crippen LogP contribution in [0.25, 0.3) is 65.6 Å². The molecule has 41 heavy (non-hydrogen) atoms. The van der Waals surface area contributed by atoms with Gasteiger partial charge in [0.2, 0.25) is 5.71 Å². The van der Waals surface area contributed by atoms with E-state index in [9.17, 15) is 0 Å². The Balaban J connectivity index is 1.36. The zero-order valence-corrected chi connectivity index (χ0v) is 21.8. The van der Waals surface area contributed by atoms with Crippen LogP contribution in [0.3, 0.4) is 0 Å². The minimum absolute atomic E-state index is 0.606. The molecule has 5 heteroatoms. The highest BCUT2D eigenvalue weighted by molar-refractivity contribution is 6.15. The van der Waals surface area contributed by atoms with Gasteiger partial charge in [0.05, 0.1) is 17.6 Å². The third-order valence-electron chi connectivity index (χ3n) is 7.96. The lowest BCUT2D eigenvalue weighted by Crippen LogP contribution is -2.12. The fourth-order valence-electron chi connectivity index (χ4n) is 6.09. The van der Waals surface area contributed by atoms with Crippen LogP contribution in [-0.4, -0.2) is 9.97 Å². The Morgan fingerprint density at radius 1 is 0.512 bits per heavy atom. The van der Waals surface area contributed by atoms with Crippen molar-refractivity contribution in [1.82, 2.24) is 9.97 Å². The van der Waals surface area contributed by atoms with E-state index < -0.39 is 0 Å². The van der Waals surface area contributed by atoms with E-state index >= 15 is 0 Å². The first kappa shape index (κ1) is 22.2. The Morgan fingerprint density at radius 3 is 2.17 bits per heavy atom. The van der Waals surface area contributed by atoms with Crippen LogP contribution in [0.5, 0.6) is 0 Å². The smallest absolute Gasteiger partial charge is 0.229 e. The van der Waals surface area contributed by atoms with Gasteiger partial charge in [0.1, 0.15) is 17.0 Å². The van der Waals surface area contributed by atoms with Gasteiger partial charge < -0.3 is 8.83 Å². The number of rotatable bonds is 3. The molecule has 0 aliphatic heterocycles. The van der Waals surface area contributed by atoms with Gasteiger partial charge in [-0.1, -0.05) is 66.7 Å². The average Bonchev–Trinajstić information content (AvgIpc) is 3.59. The molecular formula is C36H21N3O2. The van der Waals surface area contributed by atoms with Gasteiger partial charge in [0.25, 0.3) is 0 Å². The predicted octanol–water partition coefficient (Wildman–Crippen LogP) is 10.1. The van der Waals surface area contributed by atoms with Crippen molar-refractivity contribution in [3.63, 3.8) is 0 Å². The van der Waals surface area contributed by atoms with Crippen molar-refractivity contribution in [2.24, 2.45) is 0 Å². The zero-order chi connectivity index (χ0) is 26.9. The highest BCUT2D eigenvalue weighted by Gasteiger charge is 2.21. The van der Waals surface area contributed by atoms with Crippen molar-refractivity contribution in [3.8, 4) is 0 Å². The first-order valence-corrected chi connectivity index (χ1v) is 13.6. The lowest BCUT2D eigenvalue weighted by Gasteiger charge is -2.26. The van der Waals surface area contributed by atoms with Crippen LogP contribution in [-0.2, 0) is 0 Å². The predicted molar refractivity (Wildman–Crippen MR) is 166 cm³/mol. The molecule has 4 heterocycles. The summed E-state index contributed by atoms with van der Waals surface area (Å²) in [6.45, 7) is 0. The average molecular weight is 528 g/mol. The number of pyridine rings is 2. The van der Waals surface area contributed by atoms with Crippen molar-refractivity contribution < 1.29 is 8.83 Å². The number of hydrogen-bond donors (Lipinski definition) is 0. The summed E-state index contributed by atoms with van der Waals surface area (Å²) in [4.78, 5) is 11.5. The van der Waals surface area contributed by atoms with Gasteiger partial charge in [-0.2, -0.15) is 4.98 Å². The molecule has 9 aromatic rings. The van der Waals surface area contributed by atoms with Gasteiger partial charge in [0, 0.05) is 39.2 Å². The van der Waals surface area contributed by atoms with Crippen molar-refractivity contribution in [3.05, 3.63) is 128 Å². The maximum Gasteiger partial charge on any atom is 0.229 e. The number of nitrogens with zero attached hydrogens (tertiary/aromatic N) is 3. The van der Waals surface area contributed by atoms with Crippen molar-refractivity contribution in [1.29, 1.82) is 0 Å². The van der Waals surface area contributed by atoms with E-state index in [1.165, 1.54) is 10.8 Å². The molecule has 5 nitrogen and oxygen atoms in total. The lowest BCUT2D eigenvalue weighted by atomic mass is 9.99. The van der Waals surface area contributed by atoms with Crippen LogP contribution >= 0.6 is 0 Å². The second-order valence-electron chi connectivity index (χ2n) is 10.3. The van der Waals surface area contributed by atoms with E-state index in [0.29, 0.717) is 5.71 Å². The molecule has 0 N–H and O–H groups in total. The maximum atomic E-state index is 6.25. The number of fused-ring (bicyclic) bond motifs is 9. The van der Waals surface area contributed by atoms with E-state index in [2.05, 4.69) is 101 Å². The van der Waals surface area contributed by atoms with Crippen LogP contribution in [0.1, 0.15) is 0 Å². The molecule has 5 aromatic carbocycles.